The van der Waals surface area contributed by atoms with Gasteiger partial charge >= 0.3 is 0 Å². The monoisotopic (exact) mass is 301 g/mol. The van der Waals surface area contributed by atoms with Crippen molar-refractivity contribution in [2.45, 2.75) is 31.1 Å². The molecule has 0 spiro atoms. The molecule has 0 aromatic heterocycles. The molecule has 2 heteroatoms. The number of benzene rings is 1. The molecule has 1 nitrogen and oxygen atoms in total. The summed E-state index contributed by atoms with van der Waals surface area (Å²) in [6, 6.07) is 8.81. The van der Waals surface area contributed by atoms with Gasteiger partial charge in [-0.15, -0.1) is 0 Å². The van der Waals surface area contributed by atoms with Crippen molar-refractivity contribution < 1.29 is 0 Å². The van der Waals surface area contributed by atoms with Gasteiger partial charge in [0, 0.05) is 15.5 Å². The smallest absolute Gasteiger partial charge is 0.0133 e. The van der Waals surface area contributed by atoms with E-state index < -0.39 is 0 Å². The van der Waals surface area contributed by atoms with E-state index >= 15 is 0 Å². The van der Waals surface area contributed by atoms with Crippen LogP contribution in [0.1, 0.15) is 31.2 Å². The fourth-order valence-electron chi connectivity index (χ4n) is 2.48. The maximum atomic E-state index is 5.95. The van der Waals surface area contributed by atoms with E-state index in [4.69, 9.17) is 5.73 Å². The Hall–Kier alpha value is -0.0900. The summed E-state index contributed by atoms with van der Waals surface area (Å²) in [5.74, 6) is 0. The van der Waals surface area contributed by atoms with Crippen molar-refractivity contribution in [2.75, 3.05) is 6.54 Å². The molecule has 1 aliphatic rings. The van der Waals surface area contributed by atoms with Crippen LogP contribution in [0.3, 0.4) is 0 Å². The number of nitrogens with two attached hydrogens (primary N) is 1. The third kappa shape index (κ3) is 1.82. The molecule has 2 rings (SSSR count). The Balaban J connectivity index is 2.35. The lowest BCUT2D eigenvalue weighted by Crippen LogP contribution is -2.31. The zero-order chi connectivity index (χ0) is 10.0. The topological polar surface area (TPSA) is 26.0 Å². The van der Waals surface area contributed by atoms with E-state index in [-0.39, 0.29) is 0 Å². The first-order chi connectivity index (χ1) is 6.77. The van der Waals surface area contributed by atoms with Gasteiger partial charge in [0.25, 0.3) is 0 Å². The first-order valence-corrected chi connectivity index (χ1v) is 6.31. The van der Waals surface area contributed by atoms with E-state index in [9.17, 15) is 0 Å². The Kier molecular flexibility index (Phi) is 3.12. The molecule has 1 aromatic rings. The summed E-state index contributed by atoms with van der Waals surface area (Å²) in [6.07, 6.45) is 5.21. The van der Waals surface area contributed by atoms with Crippen molar-refractivity contribution >= 4 is 22.6 Å². The zero-order valence-electron chi connectivity index (χ0n) is 8.30. The SMILES string of the molecule is NCC1(c2cccc(I)c2)CCCC1. The summed E-state index contributed by atoms with van der Waals surface area (Å²) >= 11 is 2.37. The van der Waals surface area contributed by atoms with Crippen LogP contribution >= 0.6 is 22.6 Å². The molecule has 0 saturated heterocycles. The van der Waals surface area contributed by atoms with E-state index in [2.05, 4.69) is 46.9 Å². The predicted molar refractivity (Wildman–Crippen MR) is 68.4 cm³/mol. The highest BCUT2D eigenvalue weighted by Crippen LogP contribution is 2.40. The van der Waals surface area contributed by atoms with E-state index in [1.165, 1.54) is 34.8 Å². The molecular formula is C12H16IN. The third-order valence-electron chi connectivity index (χ3n) is 3.39. The second-order valence-electron chi connectivity index (χ2n) is 4.20. The third-order valence-corrected chi connectivity index (χ3v) is 4.06. The summed E-state index contributed by atoms with van der Waals surface area (Å²) in [6.45, 7) is 0.799. The van der Waals surface area contributed by atoms with Crippen LogP contribution in [0.2, 0.25) is 0 Å². The van der Waals surface area contributed by atoms with E-state index in [0.717, 1.165) is 6.54 Å². The molecule has 0 bridgehead atoms. The van der Waals surface area contributed by atoms with Gasteiger partial charge in [-0.2, -0.15) is 0 Å². The van der Waals surface area contributed by atoms with Crippen molar-refractivity contribution in [2.24, 2.45) is 5.73 Å². The van der Waals surface area contributed by atoms with Crippen LogP contribution in [0, 0.1) is 3.57 Å². The molecular weight excluding hydrogens is 285 g/mol. The molecule has 0 radical (unpaired) electrons. The Labute approximate surface area is 99.2 Å². The minimum Gasteiger partial charge on any atom is -0.330 e. The van der Waals surface area contributed by atoms with Crippen LogP contribution in [0.25, 0.3) is 0 Å². The molecule has 2 N–H and O–H groups in total. The lowest BCUT2D eigenvalue weighted by atomic mass is 9.79. The summed E-state index contributed by atoms with van der Waals surface area (Å²) in [7, 11) is 0. The van der Waals surface area contributed by atoms with Crippen molar-refractivity contribution in [1.82, 2.24) is 0 Å². The largest absolute Gasteiger partial charge is 0.330 e. The highest BCUT2D eigenvalue weighted by atomic mass is 127. The number of hydrogen-bond donors (Lipinski definition) is 1. The molecule has 1 aromatic carbocycles. The number of halogens is 1. The Bertz CT molecular complexity index is 316. The first kappa shape index (κ1) is 10.4. The molecule has 0 amide bonds. The van der Waals surface area contributed by atoms with Gasteiger partial charge in [0.1, 0.15) is 0 Å². The van der Waals surface area contributed by atoms with Gasteiger partial charge in [-0.1, -0.05) is 25.0 Å². The van der Waals surface area contributed by atoms with Gasteiger partial charge in [0.05, 0.1) is 0 Å². The molecule has 1 saturated carbocycles. The van der Waals surface area contributed by atoms with Crippen LogP contribution < -0.4 is 5.73 Å². The van der Waals surface area contributed by atoms with Crippen molar-refractivity contribution in [1.29, 1.82) is 0 Å². The van der Waals surface area contributed by atoms with Gasteiger partial charge in [-0.05, 0) is 53.1 Å². The molecule has 0 atom stereocenters. The zero-order valence-corrected chi connectivity index (χ0v) is 10.5. The minimum atomic E-state index is 0.293. The van der Waals surface area contributed by atoms with Gasteiger partial charge in [-0.25, -0.2) is 0 Å². The maximum Gasteiger partial charge on any atom is 0.0133 e. The molecule has 0 heterocycles. The van der Waals surface area contributed by atoms with Gasteiger partial charge in [-0.3, -0.25) is 0 Å². The summed E-state index contributed by atoms with van der Waals surface area (Å²) in [5, 5.41) is 0. The quantitative estimate of drug-likeness (QED) is 0.835. The van der Waals surface area contributed by atoms with E-state index in [1.54, 1.807) is 0 Å². The standard InChI is InChI=1S/C12H16IN/c13-11-5-3-4-10(8-11)12(9-14)6-1-2-7-12/h3-5,8H,1-2,6-7,9,14H2. The van der Waals surface area contributed by atoms with Crippen LogP contribution in [-0.4, -0.2) is 6.54 Å². The highest BCUT2D eigenvalue weighted by molar-refractivity contribution is 14.1. The van der Waals surface area contributed by atoms with E-state index in [1.807, 2.05) is 0 Å². The van der Waals surface area contributed by atoms with Crippen molar-refractivity contribution in [3.05, 3.63) is 33.4 Å². The van der Waals surface area contributed by atoms with Gasteiger partial charge < -0.3 is 5.73 Å². The maximum absolute atomic E-state index is 5.95. The Morgan fingerprint density at radius 2 is 2.00 bits per heavy atom. The Morgan fingerprint density at radius 3 is 2.57 bits per heavy atom. The molecule has 1 aliphatic carbocycles. The lowest BCUT2D eigenvalue weighted by Gasteiger charge is -2.27. The van der Waals surface area contributed by atoms with Crippen molar-refractivity contribution in [3.8, 4) is 0 Å². The average Bonchev–Trinajstić information content (AvgIpc) is 2.67. The Morgan fingerprint density at radius 1 is 1.29 bits per heavy atom. The van der Waals surface area contributed by atoms with Gasteiger partial charge in [0.2, 0.25) is 0 Å². The molecule has 14 heavy (non-hydrogen) atoms. The van der Waals surface area contributed by atoms with Crippen LogP contribution in [0.4, 0.5) is 0 Å². The summed E-state index contributed by atoms with van der Waals surface area (Å²) in [4.78, 5) is 0. The minimum absolute atomic E-state index is 0.293. The van der Waals surface area contributed by atoms with Crippen LogP contribution in [0.15, 0.2) is 24.3 Å². The second-order valence-corrected chi connectivity index (χ2v) is 5.45. The average molecular weight is 301 g/mol. The molecule has 76 valence electrons. The highest BCUT2D eigenvalue weighted by Gasteiger charge is 2.33. The number of hydrogen-bond acceptors (Lipinski definition) is 1. The summed E-state index contributed by atoms with van der Waals surface area (Å²) < 4.78 is 1.32. The molecule has 0 unspecified atom stereocenters. The predicted octanol–water partition coefficient (Wildman–Crippen LogP) is 3.06. The van der Waals surface area contributed by atoms with Gasteiger partial charge in [0.15, 0.2) is 0 Å². The second kappa shape index (κ2) is 4.19. The van der Waals surface area contributed by atoms with Crippen LogP contribution in [0.5, 0.6) is 0 Å². The lowest BCUT2D eigenvalue weighted by molar-refractivity contribution is 0.453. The molecule has 1 fully saturated rings. The fourth-order valence-corrected chi connectivity index (χ4v) is 3.02. The fraction of sp³-hybridized carbons (Fsp3) is 0.500. The molecule has 0 aliphatic heterocycles. The van der Waals surface area contributed by atoms with Crippen molar-refractivity contribution in [3.63, 3.8) is 0 Å². The van der Waals surface area contributed by atoms with Crippen LogP contribution in [-0.2, 0) is 5.41 Å². The number of rotatable bonds is 2. The van der Waals surface area contributed by atoms with E-state index in [0.29, 0.717) is 5.41 Å². The summed E-state index contributed by atoms with van der Waals surface area (Å²) in [5.41, 5.74) is 7.69. The normalized spacial score (nSPS) is 19.9. The first-order valence-electron chi connectivity index (χ1n) is 5.23.